The lowest BCUT2D eigenvalue weighted by Gasteiger charge is -2.39. The normalized spacial score (nSPS) is 13.0. The fourth-order valence-electron chi connectivity index (χ4n) is 7.70. The number of allylic oxidation sites excluding steroid dienone is 2. The van der Waals surface area contributed by atoms with Gasteiger partial charge in [0.25, 0.3) is 11.8 Å². The Kier molecular flexibility index (Phi) is 14.2. The Balaban J connectivity index is 1.18. The molecule has 5 amide bonds. The molecule has 2 aromatic carbocycles. The van der Waals surface area contributed by atoms with Crippen LogP contribution in [0.15, 0.2) is 48.6 Å². The van der Waals surface area contributed by atoms with Gasteiger partial charge in [0.15, 0.2) is 0 Å². The molecule has 0 unspecified atom stereocenters. The number of nitrogens with two attached hydrogens (primary N) is 2. The first-order valence-corrected chi connectivity index (χ1v) is 22.2. The molecule has 0 spiro atoms. The zero-order valence-corrected chi connectivity index (χ0v) is 39.4. The lowest BCUT2D eigenvalue weighted by Crippen LogP contribution is -2.56. The molecule has 4 aromatic heterocycles. The number of carbonyl (C=O) groups is 5. The average molecular weight is 936 g/mol. The average Bonchev–Trinajstić information content (AvgIpc) is 4.03. The molecule has 22 nitrogen and oxygen atoms in total. The molecule has 1 aliphatic heterocycles. The molecule has 22 heteroatoms. The number of imidazole rings is 2. The van der Waals surface area contributed by atoms with Crippen molar-refractivity contribution >= 4 is 63.7 Å². The lowest BCUT2D eigenvalue weighted by molar-refractivity contribution is -0.0647. The van der Waals surface area contributed by atoms with Crippen molar-refractivity contribution in [3.63, 3.8) is 0 Å². The Morgan fingerprint density at radius 3 is 1.68 bits per heavy atom. The summed E-state index contributed by atoms with van der Waals surface area (Å²) in [7, 11) is 1.45. The van der Waals surface area contributed by atoms with Crippen LogP contribution < -0.4 is 31.6 Å². The van der Waals surface area contributed by atoms with E-state index < -0.39 is 29.2 Å². The minimum absolute atomic E-state index is 0.121. The number of amides is 5. The van der Waals surface area contributed by atoms with Gasteiger partial charge in [-0.05, 0) is 84.9 Å². The van der Waals surface area contributed by atoms with Crippen LogP contribution in [0.4, 0.5) is 16.7 Å². The molecule has 0 aliphatic carbocycles. The largest absolute Gasteiger partial charge is 0.494 e. The highest BCUT2D eigenvalue weighted by atomic mass is 16.6. The van der Waals surface area contributed by atoms with E-state index in [1.807, 2.05) is 46.8 Å². The SMILES string of the molecule is CCn1nc(C)cc1C(=O)Nc1nc2cc(C(N)=O)cc(OC)c2n1C/C=C/Cn1c(NC(=O)c2cc(C)nn2CC)nc2cc(C(N)=O)cc(OCCCOC3CN(C(=O)OC(C)(C)C)C3)c21. The van der Waals surface area contributed by atoms with Gasteiger partial charge in [0.05, 0.1) is 61.9 Å². The number of fused-ring (bicyclic) bond motifs is 2. The summed E-state index contributed by atoms with van der Waals surface area (Å²) < 4.78 is 30.1. The highest BCUT2D eigenvalue weighted by Gasteiger charge is 2.34. The second-order valence-electron chi connectivity index (χ2n) is 17.1. The van der Waals surface area contributed by atoms with Crippen LogP contribution in [0.3, 0.4) is 0 Å². The Morgan fingerprint density at radius 1 is 0.735 bits per heavy atom. The molecule has 1 saturated heterocycles. The maximum atomic E-state index is 13.9. The smallest absolute Gasteiger partial charge is 0.410 e. The third-order valence-corrected chi connectivity index (χ3v) is 10.9. The van der Waals surface area contributed by atoms with Gasteiger partial charge in [0.2, 0.25) is 23.7 Å². The van der Waals surface area contributed by atoms with Crippen LogP contribution in [0.1, 0.15) is 94.1 Å². The first kappa shape index (κ1) is 48.2. The highest BCUT2D eigenvalue weighted by molar-refractivity contribution is 6.05. The van der Waals surface area contributed by atoms with Crippen LogP contribution in [-0.2, 0) is 35.7 Å². The number of carbonyl (C=O) groups excluding carboxylic acids is 5. The summed E-state index contributed by atoms with van der Waals surface area (Å²) in [6.07, 6.45) is 3.59. The predicted octanol–water partition coefficient (Wildman–Crippen LogP) is 4.81. The number of rotatable bonds is 19. The van der Waals surface area contributed by atoms with Crippen molar-refractivity contribution in [1.29, 1.82) is 0 Å². The number of ether oxygens (including phenoxy) is 4. The van der Waals surface area contributed by atoms with Crippen molar-refractivity contribution in [2.24, 2.45) is 11.5 Å². The quantitative estimate of drug-likeness (QED) is 0.0628. The fourth-order valence-corrected chi connectivity index (χ4v) is 7.70. The number of anilines is 2. The number of benzene rings is 2. The van der Waals surface area contributed by atoms with Gasteiger partial charge in [-0.25, -0.2) is 14.8 Å². The number of likely N-dealkylation sites (tertiary alicyclic amines) is 1. The molecule has 360 valence electrons. The topological polar surface area (TPSA) is 273 Å². The van der Waals surface area contributed by atoms with Crippen LogP contribution in [-0.4, -0.2) is 118 Å². The number of aromatic nitrogens is 8. The number of hydrogen-bond acceptors (Lipinski definition) is 13. The molecule has 0 saturated carbocycles. The minimum atomic E-state index is -0.704. The summed E-state index contributed by atoms with van der Waals surface area (Å²) in [5, 5.41) is 14.7. The third kappa shape index (κ3) is 10.6. The van der Waals surface area contributed by atoms with Gasteiger partial charge >= 0.3 is 6.09 Å². The third-order valence-electron chi connectivity index (χ3n) is 10.9. The van der Waals surface area contributed by atoms with Crippen LogP contribution in [0.2, 0.25) is 0 Å². The van der Waals surface area contributed by atoms with Crippen LogP contribution >= 0.6 is 0 Å². The van der Waals surface area contributed by atoms with Crippen LogP contribution in [0, 0.1) is 13.8 Å². The molecule has 6 aromatic rings. The first-order valence-electron chi connectivity index (χ1n) is 22.2. The molecule has 68 heavy (non-hydrogen) atoms. The van der Waals surface area contributed by atoms with Crippen molar-refractivity contribution in [2.45, 2.75) is 92.8 Å². The predicted molar refractivity (Wildman–Crippen MR) is 251 cm³/mol. The van der Waals surface area contributed by atoms with Crippen molar-refractivity contribution in [3.05, 3.63) is 82.5 Å². The van der Waals surface area contributed by atoms with E-state index in [2.05, 4.69) is 20.8 Å². The van der Waals surface area contributed by atoms with E-state index in [1.54, 1.807) is 49.4 Å². The number of primary amides is 2. The lowest BCUT2D eigenvalue weighted by atomic mass is 10.1. The van der Waals surface area contributed by atoms with Crippen LogP contribution in [0.5, 0.6) is 11.5 Å². The van der Waals surface area contributed by atoms with E-state index in [0.717, 1.165) is 0 Å². The number of nitrogens with zero attached hydrogens (tertiary/aromatic N) is 9. The van der Waals surface area contributed by atoms with Crippen molar-refractivity contribution in [3.8, 4) is 11.5 Å². The minimum Gasteiger partial charge on any atom is -0.494 e. The number of methoxy groups -OCH3 is 1. The first-order chi connectivity index (χ1) is 32.4. The molecule has 0 radical (unpaired) electrons. The Hall–Kier alpha value is -7.75. The molecule has 7 rings (SSSR count). The summed E-state index contributed by atoms with van der Waals surface area (Å²) >= 11 is 0. The molecule has 0 bridgehead atoms. The van der Waals surface area contributed by atoms with Gasteiger partial charge in [0, 0.05) is 43.7 Å². The van der Waals surface area contributed by atoms with E-state index in [1.165, 1.54) is 31.4 Å². The van der Waals surface area contributed by atoms with Gasteiger partial charge in [-0.1, -0.05) is 12.2 Å². The molecule has 1 fully saturated rings. The zero-order chi connectivity index (χ0) is 49.0. The summed E-state index contributed by atoms with van der Waals surface area (Å²) in [4.78, 5) is 75.9. The molecule has 1 aliphatic rings. The van der Waals surface area contributed by atoms with E-state index in [4.69, 9.17) is 40.4 Å². The molecule has 5 heterocycles. The fraction of sp³-hybridized carbons (Fsp3) is 0.413. The maximum Gasteiger partial charge on any atom is 0.410 e. The van der Waals surface area contributed by atoms with Crippen molar-refractivity contribution in [2.75, 3.05) is 44.0 Å². The van der Waals surface area contributed by atoms with E-state index in [-0.39, 0.29) is 60.7 Å². The van der Waals surface area contributed by atoms with Gasteiger partial charge in [-0.3, -0.25) is 39.2 Å². The molecule has 6 N–H and O–H groups in total. The van der Waals surface area contributed by atoms with Crippen molar-refractivity contribution in [1.82, 2.24) is 43.6 Å². The summed E-state index contributed by atoms with van der Waals surface area (Å²) in [5.74, 6) is -1.40. The second-order valence-corrected chi connectivity index (χ2v) is 17.1. The van der Waals surface area contributed by atoms with E-state index >= 15 is 0 Å². The van der Waals surface area contributed by atoms with E-state index in [9.17, 15) is 24.0 Å². The molecule has 0 atom stereocenters. The van der Waals surface area contributed by atoms with Gasteiger partial charge in [-0.2, -0.15) is 10.2 Å². The van der Waals surface area contributed by atoms with Gasteiger partial charge in [0.1, 0.15) is 39.5 Å². The van der Waals surface area contributed by atoms with Crippen molar-refractivity contribution < 1.29 is 42.9 Å². The van der Waals surface area contributed by atoms with Crippen LogP contribution in [0.25, 0.3) is 22.1 Å². The summed E-state index contributed by atoms with van der Waals surface area (Å²) in [6.45, 7) is 15.3. The Bertz CT molecular complexity index is 2930. The monoisotopic (exact) mass is 935 g/mol. The Labute approximate surface area is 391 Å². The highest BCUT2D eigenvalue weighted by Crippen LogP contribution is 2.33. The van der Waals surface area contributed by atoms with E-state index in [0.29, 0.717) is 89.8 Å². The maximum absolute atomic E-state index is 13.9. The van der Waals surface area contributed by atoms with Gasteiger partial charge in [-0.15, -0.1) is 0 Å². The second kappa shape index (κ2) is 20.0. The number of nitrogens with one attached hydrogen (secondary N) is 2. The molecular weight excluding hydrogens is 879 g/mol. The number of aryl methyl sites for hydroxylation is 4. The molecular formula is C46H57N13O9. The Morgan fingerprint density at radius 2 is 1.22 bits per heavy atom. The summed E-state index contributed by atoms with van der Waals surface area (Å²) in [6, 6.07) is 9.45. The summed E-state index contributed by atoms with van der Waals surface area (Å²) in [5.41, 5.74) is 14.8. The van der Waals surface area contributed by atoms with Gasteiger partial charge < -0.3 is 44.4 Å². The number of hydrogen-bond donors (Lipinski definition) is 4. The zero-order valence-electron chi connectivity index (χ0n) is 39.4. The standard InChI is InChI=1S/C46H57N13O9/c1-9-58-33(18-26(3)53-58)41(62)51-43-49-31-20-28(39(47)60)22-35(65-8)37(31)56(43)14-11-12-15-57-38-32(50-44(57)52-42(63)34-19-27(4)54-59(34)10-2)21-29(40(48)61)23-36(38)67-17-13-16-66-30-24-55(25-30)45(64)68-46(5,6)7/h11-12,18-23,30H,9-10,13-17,24-25H2,1-8H3,(H2,47,60)(H2,48,61)(H,49,51,62)(H,50,52,63)/b12-11+.